The van der Waals surface area contributed by atoms with Gasteiger partial charge in [-0.2, -0.15) is 0 Å². The summed E-state index contributed by atoms with van der Waals surface area (Å²) < 4.78 is 0. The van der Waals surface area contributed by atoms with Gasteiger partial charge in [-0.25, -0.2) is 0 Å². The molecule has 94 valence electrons. The van der Waals surface area contributed by atoms with Gasteiger partial charge in [0.15, 0.2) is 5.78 Å². The highest BCUT2D eigenvalue weighted by Gasteiger charge is 2.33. The van der Waals surface area contributed by atoms with E-state index in [2.05, 4.69) is 39.1 Å². The van der Waals surface area contributed by atoms with Gasteiger partial charge in [0.25, 0.3) is 0 Å². The van der Waals surface area contributed by atoms with Crippen LogP contribution in [0.5, 0.6) is 0 Å². The van der Waals surface area contributed by atoms with Gasteiger partial charge < -0.3 is 5.32 Å². The number of rotatable bonds is 2. The van der Waals surface area contributed by atoms with Crippen molar-refractivity contribution in [1.82, 2.24) is 5.32 Å². The molecule has 0 saturated heterocycles. The molecule has 0 atom stereocenters. The molecule has 2 heteroatoms. The number of hydrogen-bond acceptors (Lipinski definition) is 2. The highest BCUT2D eigenvalue weighted by Crippen LogP contribution is 2.41. The topological polar surface area (TPSA) is 29.1 Å². The lowest BCUT2D eigenvalue weighted by molar-refractivity contribution is -0.118. The van der Waals surface area contributed by atoms with Crippen molar-refractivity contribution in [2.75, 3.05) is 0 Å². The first-order valence-corrected chi connectivity index (χ1v) is 6.60. The number of nitrogens with one attached hydrogen (secondary N) is 1. The Labute approximate surface area is 104 Å². The molecule has 0 amide bonds. The number of carbonyl (C=O) groups excluding carboxylic acids is 1. The van der Waals surface area contributed by atoms with Crippen molar-refractivity contribution in [3.8, 4) is 0 Å². The van der Waals surface area contributed by atoms with E-state index in [0.29, 0.717) is 18.2 Å². The van der Waals surface area contributed by atoms with Gasteiger partial charge >= 0.3 is 0 Å². The Hall–Kier alpha value is -1.05. The van der Waals surface area contributed by atoms with Gasteiger partial charge in [-0.3, -0.25) is 4.79 Å². The first kappa shape index (κ1) is 12.4. The quantitative estimate of drug-likeness (QED) is 0.792. The third-order valence-electron chi connectivity index (χ3n) is 3.50. The number of Topliss-reactive ketones (excluding diaryl/α,β-unsaturated/α-hetero) is 1. The van der Waals surface area contributed by atoms with E-state index in [9.17, 15) is 4.79 Å². The Kier molecular flexibility index (Phi) is 3.15. The molecule has 17 heavy (non-hydrogen) atoms. The van der Waals surface area contributed by atoms with Gasteiger partial charge in [-0.15, -0.1) is 0 Å². The van der Waals surface area contributed by atoms with E-state index in [1.807, 2.05) is 0 Å². The number of carbonyl (C=O) groups is 1. The summed E-state index contributed by atoms with van der Waals surface area (Å²) in [5.74, 6) is 0.371. The minimum atomic E-state index is 0.132. The zero-order valence-corrected chi connectivity index (χ0v) is 11.4. The molecule has 0 unspecified atom stereocenters. The van der Waals surface area contributed by atoms with Crippen molar-refractivity contribution in [3.63, 3.8) is 0 Å². The first-order chi connectivity index (χ1) is 7.87. The second-order valence-electron chi connectivity index (χ2n) is 6.41. The molecule has 0 spiro atoms. The minimum Gasteiger partial charge on any atom is -0.386 e. The van der Waals surface area contributed by atoms with Crippen LogP contribution in [0.4, 0.5) is 0 Å². The van der Waals surface area contributed by atoms with E-state index in [-0.39, 0.29) is 5.41 Å². The second kappa shape index (κ2) is 4.32. The van der Waals surface area contributed by atoms with Crippen molar-refractivity contribution in [1.29, 1.82) is 0 Å². The molecule has 0 aromatic rings. The Bertz CT molecular complexity index is 399. The Morgan fingerprint density at radius 2 is 1.94 bits per heavy atom. The van der Waals surface area contributed by atoms with Crippen LogP contribution in [0, 0.1) is 5.41 Å². The summed E-state index contributed by atoms with van der Waals surface area (Å²) in [4.78, 5) is 12.1. The van der Waals surface area contributed by atoms with Crippen LogP contribution < -0.4 is 5.32 Å². The fourth-order valence-electron chi connectivity index (χ4n) is 2.87. The zero-order valence-electron chi connectivity index (χ0n) is 11.4. The predicted octanol–water partition coefficient (Wildman–Crippen LogP) is 3.35. The summed E-state index contributed by atoms with van der Waals surface area (Å²) in [5, 5.41) is 3.47. The van der Waals surface area contributed by atoms with Crippen LogP contribution >= 0.6 is 0 Å². The van der Waals surface area contributed by atoms with Gasteiger partial charge in [-0.1, -0.05) is 13.8 Å². The summed E-state index contributed by atoms with van der Waals surface area (Å²) in [5.41, 5.74) is 3.80. The molecule has 0 saturated carbocycles. The molecule has 0 fully saturated rings. The van der Waals surface area contributed by atoms with Gasteiger partial charge in [0, 0.05) is 18.2 Å². The summed E-state index contributed by atoms with van der Waals surface area (Å²) in [7, 11) is 0. The van der Waals surface area contributed by atoms with Crippen LogP contribution in [0.2, 0.25) is 0 Å². The smallest absolute Gasteiger partial charge is 0.159 e. The third-order valence-corrected chi connectivity index (χ3v) is 3.50. The largest absolute Gasteiger partial charge is 0.386 e. The molecular formula is C15H23NO. The van der Waals surface area contributed by atoms with E-state index in [4.69, 9.17) is 0 Å². The van der Waals surface area contributed by atoms with E-state index >= 15 is 0 Å². The normalized spacial score (nSPS) is 23.6. The van der Waals surface area contributed by atoms with Gasteiger partial charge in [0.1, 0.15) is 0 Å². The lowest BCUT2D eigenvalue weighted by Crippen LogP contribution is -2.29. The summed E-state index contributed by atoms with van der Waals surface area (Å²) in [6.45, 7) is 8.68. The van der Waals surface area contributed by atoms with E-state index in [0.717, 1.165) is 24.8 Å². The summed E-state index contributed by atoms with van der Waals surface area (Å²) >= 11 is 0. The Morgan fingerprint density at radius 3 is 2.59 bits per heavy atom. The van der Waals surface area contributed by atoms with Crippen molar-refractivity contribution in [2.45, 2.75) is 59.4 Å². The van der Waals surface area contributed by atoms with Gasteiger partial charge in [-0.05, 0) is 55.7 Å². The lowest BCUT2D eigenvalue weighted by Gasteiger charge is -2.34. The van der Waals surface area contributed by atoms with E-state index < -0.39 is 0 Å². The van der Waals surface area contributed by atoms with Crippen LogP contribution in [0.1, 0.15) is 53.4 Å². The first-order valence-electron chi connectivity index (χ1n) is 6.60. The number of ketones is 1. The van der Waals surface area contributed by atoms with Crippen molar-refractivity contribution in [3.05, 3.63) is 22.9 Å². The maximum Gasteiger partial charge on any atom is 0.159 e. The lowest BCUT2D eigenvalue weighted by atomic mass is 9.71. The molecular weight excluding hydrogens is 210 g/mol. The maximum absolute atomic E-state index is 12.1. The van der Waals surface area contributed by atoms with Crippen LogP contribution in [-0.2, 0) is 4.79 Å². The molecule has 1 N–H and O–H groups in total. The molecule has 0 aromatic heterocycles. The average Bonchev–Trinajstić information content (AvgIpc) is 2.13. The van der Waals surface area contributed by atoms with E-state index in [1.54, 1.807) is 0 Å². The zero-order chi connectivity index (χ0) is 12.6. The van der Waals surface area contributed by atoms with Crippen LogP contribution in [-0.4, -0.2) is 11.8 Å². The fraction of sp³-hybridized carbons (Fsp3) is 0.667. The van der Waals surface area contributed by atoms with Crippen molar-refractivity contribution in [2.24, 2.45) is 5.41 Å². The molecule has 0 radical (unpaired) electrons. The predicted molar refractivity (Wildman–Crippen MR) is 70.6 cm³/mol. The standard InChI is InChI=1S/C15H23NO/c1-10(2)16-12-5-6-13-11(7-12)8-15(3,4)9-14(13)17/h7,10,16H,5-6,8-9H2,1-4H3. The van der Waals surface area contributed by atoms with Crippen LogP contribution in [0.15, 0.2) is 22.9 Å². The summed E-state index contributed by atoms with van der Waals surface area (Å²) in [6, 6.07) is 0.468. The number of allylic oxidation sites excluding steroid dienone is 4. The fourth-order valence-corrected chi connectivity index (χ4v) is 2.87. The highest BCUT2D eigenvalue weighted by atomic mass is 16.1. The monoisotopic (exact) mass is 233 g/mol. The SMILES string of the molecule is CC(C)NC1=CC2=C(CC1)C(=O)CC(C)(C)C2. The Morgan fingerprint density at radius 1 is 1.24 bits per heavy atom. The highest BCUT2D eigenvalue weighted by molar-refractivity contribution is 5.98. The maximum atomic E-state index is 12.1. The minimum absolute atomic E-state index is 0.132. The van der Waals surface area contributed by atoms with E-state index in [1.165, 1.54) is 11.3 Å². The molecule has 2 rings (SSSR count). The molecule has 0 aliphatic heterocycles. The molecule has 0 heterocycles. The third kappa shape index (κ3) is 2.80. The van der Waals surface area contributed by atoms with Gasteiger partial charge in [0.2, 0.25) is 0 Å². The second-order valence-corrected chi connectivity index (χ2v) is 6.41. The Balaban J connectivity index is 2.25. The molecule has 2 nitrogen and oxygen atoms in total. The summed E-state index contributed by atoms with van der Waals surface area (Å²) in [6.07, 6.45) is 5.89. The van der Waals surface area contributed by atoms with Crippen molar-refractivity contribution >= 4 is 5.78 Å². The van der Waals surface area contributed by atoms with Gasteiger partial charge in [0.05, 0.1) is 0 Å². The number of hydrogen-bond donors (Lipinski definition) is 1. The molecule has 0 aromatic carbocycles. The van der Waals surface area contributed by atoms with Crippen LogP contribution in [0.3, 0.4) is 0 Å². The van der Waals surface area contributed by atoms with Crippen LogP contribution in [0.25, 0.3) is 0 Å². The van der Waals surface area contributed by atoms with Crippen molar-refractivity contribution < 1.29 is 4.79 Å². The average molecular weight is 233 g/mol. The molecule has 0 bridgehead atoms. The molecule has 2 aliphatic carbocycles. The molecule has 2 aliphatic rings.